The summed E-state index contributed by atoms with van der Waals surface area (Å²) in [6, 6.07) is 12.2. The highest BCUT2D eigenvalue weighted by atomic mass is 16.2. The van der Waals surface area contributed by atoms with Crippen LogP contribution in [0.3, 0.4) is 0 Å². The van der Waals surface area contributed by atoms with E-state index in [4.69, 9.17) is 0 Å². The third-order valence-corrected chi connectivity index (χ3v) is 4.17. The topological polar surface area (TPSA) is 36.4 Å². The summed E-state index contributed by atoms with van der Waals surface area (Å²) in [6.07, 6.45) is 1.72. The van der Waals surface area contributed by atoms with E-state index in [1.54, 1.807) is 6.20 Å². The van der Waals surface area contributed by atoms with Gasteiger partial charge in [-0.1, -0.05) is 12.1 Å². The van der Waals surface area contributed by atoms with E-state index >= 15 is 0 Å². The van der Waals surface area contributed by atoms with Gasteiger partial charge < -0.3 is 9.80 Å². The molecule has 3 rings (SSSR count). The molecule has 1 aromatic carbocycles. The lowest BCUT2D eigenvalue weighted by molar-refractivity contribution is 0.0745. The van der Waals surface area contributed by atoms with Crippen LogP contribution in [-0.2, 0) is 0 Å². The van der Waals surface area contributed by atoms with Gasteiger partial charge in [-0.25, -0.2) is 0 Å². The number of rotatable bonds is 2. The van der Waals surface area contributed by atoms with Crippen LogP contribution < -0.4 is 4.90 Å². The molecule has 1 aliphatic heterocycles. The number of carbonyl (C=O) groups is 1. The van der Waals surface area contributed by atoms with Crippen LogP contribution in [-0.4, -0.2) is 42.0 Å². The molecule has 4 nitrogen and oxygen atoms in total. The zero-order chi connectivity index (χ0) is 15.5. The first-order valence-corrected chi connectivity index (χ1v) is 7.67. The highest BCUT2D eigenvalue weighted by Crippen LogP contribution is 2.19. The zero-order valence-electron chi connectivity index (χ0n) is 13.1. The molecule has 0 radical (unpaired) electrons. The summed E-state index contributed by atoms with van der Waals surface area (Å²) in [6.45, 7) is 7.23. The second-order valence-electron chi connectivity index (χ2n) is 5.75. The number of piperazine rings is 1. The Morgan fingerprint density at radius 1 is 1.05 bits per heavy atom. The fourth-order valence-electron chi connectivity index (χ4n) is 2.87. The van der Waals surface area contributed by atoms with Crippen molar-refractivity contribution in [1.29, 1.82) is 0 Å². The number of aryl methyl sites for hydroxylation is 2. The van der Waals surface area contributed by atoms with Crippen molar-refractivity contribution in [2.75, 3.05) is 31.1 Å². The van der Waals surface area contributed by atoms with E-state index in [0.29, 0.717) is 5.56 Å². The number of hydrogen-bond acceptors (Lipinski definition) is 3. The predicted octanol–water partition coefficient (Wildman–Crippen LogP) is 2.66. The van der Waals surface area contributed by atoms with Gasteiger partial charge in [-0.15, -0.1) is 0 Å². The summed E-state index contributed by atoms with van der Waals surface area (Å²) in [5.74, 6) is 0.0921. The zero-order valence-corrected chi connectivity index (χ0v) is 13.1. The van der Waals surface area contributed by atoms with E-state index in [9.17, 15) is 4.79 Å². The van der Waals surface area contributed by atoms with Gasteiger partial charge in [0, 0.05) is 43.8 Å². The first kappa shape index (κ1) is 14.6. The van der Waals surface area contributed by atoms with Gasteiger partial charge in [-0.3, -0.25) is 9.78 Å². The van der Waals surface area contributed by atoms with Crippen molar-refractivity contribution in [3.8, 4) is 0 Å². The molecule has 114 valence electrons. The van der Waals surface area contributed by atoms with E-state index < -0.39 is 0 Å². The molecule has 0 bridgehead atoms. The highest BCUT2D eigenvalue weighted by Gasteiger charge is 2.23. The molecule has 1 amide bonds. The maximum absolute atomic E-state index is 12.6. The molecule has 4 heteroatoms. The van der Waals surface area contributed by atoms with Gasteiger partial charge in [0.05, 0.1) is 5.56 Å². The van der Waals surface area contributed by atoms with Crippen LogP contribution in [0.25, 0.3) is 0 Å². The van der Waals surface area contributed by atoms with Gasteiger partial charge in [0.1, 0.15) is 0 Å². The van der Waals surface area contributed by atoms with Crippen molar-refractivity contribution in [3.05, 3.63) is 59.4 Å². The lowest BCUT2D eigenvalue weighted by Crippen LogP contribution is -2.49. The summed E-state index contributed by atoms with van der Waals surface area (Å²) >= 11 is 0. The van der Waals surface area contributed by atoms with Crippen LogP contribution in [0.1, 0.15) is 21.6 Å². The van der Waals surface area contributed by atoms with Crippen molar-refractivity contribution in [3.63, 3.8) is 0 Å². The number of hydrogen-bond donors (Lipinski definition) is 0. The average Bonchev–Trinajstić information content (AvgIpc) is 2.55. The summed E-state index contributed by atoms with van der Waals surface area (Å²) in [7, 11) is 0. The van der Waals surface area contributed by atoms with E-state index in [1.807, 2.05) is 24.0 Å². The fourth-order valence-corrected chi connectivity index (χ4v) is 2.87. The predicted molar refractivity (Wildman–Crippen MR) is 88.3 cm³/mol. The van der Waals surface area contributed by atoms with Gasteiger partial charge in [-0.05, 0) is 43.7 Å². The Balaban J connectivity index is 1.67. The normalized spacial score (nSPS) is 15.0. The molecule has 0 unspecified atom stereocenters. The Hall–Kier alpha value is -2.36. The Morgan fingerprint density at radius 3 is 2.50 bits per heavy atom. The van der Waals surface area contributed by atoms with Crippen molar-refractivity contribution >= 4 is 11.6 Å². The molecule has 2 aromatic rings. The highest BCUT2D eigenvalue weighted by molar-refractivity contribution is 5.95. The number of pyridine rings is 1. The summed E-state index contributed by atoms with van der Waals surface area (Å²) < 4.78 is 0. The molecule has 0 spiro atoms. The minimum absolute atomic E-state index is 0.0921. The molecule has 0 N–H and O–H groups in total. The molecule has 0 aliphatic carbocycles. The molecular weight excluding hydrogens is 274 g/mol. The van der Waals surface area contributed by atoms with Crippen molar-refractivity contribution in [2.24, 2.45) is 0 Å². The van der Waals surface area contributed by atoms with E-state index in [2.05, 4.69) is 41.1 Å². The summed E-state index contributed by atoms with van der Waals surface area (Å²) in [5, 5.41) is 0. The molecule has 1 aromatic heterocycles. The van der Waals surface area contributed by atoms with Crippen LogP contribution in [0, 0.1) is 13.8 Å². The van der Waals surface area contributed by atoms with E-state index in [1.165, 1.54) is 11.3 Å². The molecule has 1 fully saturated rings. The summed E-state index contributed by atoms with van der Waals surface area (Å²) in [4.78, 5) is 21.1. The first-order chi connectivity index (χ1) is 10.6. The van der Waals surface area contributed by atoms with Crippen LogP contribution in [0.4, 0.5) is 5.69 Å². The second-order valence-corrected chi connectivity index (χ2v) is 5.75. The number of nitrogens with zero attached hydrogens (tertiary/aromatic N) is 3. The van der Waals surface area contributed by atoms with E-state index in [-0.39, 0.29) is 5.91 Å². The Morgan fingerprint density at radius 2 is 1.82 bits per heavy atom. The van der Waals surface area contributed by atoms with Crippen LogP contribution in [0.15, 0.2) is 42.6 Å². The maximum Gasteiger partial charge on any atom is 0.255 e. The smallest absolute Gasteiger partial charge is 0.255 e. The lowest BCUT2D eigenvalue weighted by atomic mass is 10.1. The van der Waals surface area contributed by atoms with Crippen LogP contribution in [0.2, 0.25) is 0 Å². The number of amides is 1. The molecule has 22 heavy (non-hydrogen) atoms. The van der Waals surface area contributed by atoms with Gasteiger partial charge in [0.15, 0.2) is 0 Å². The van der Waals surface area contributed by atoms with Gasteiger partial charge in [0.25, 0.3) is 5.91 Å². The van der Waals surface area contributed by atoms with Crippen LogP contribution >= 0.6 is 0 Å². The largest absolute Gasteiger partial charge is 0.368 e. The van der Waals surface area contributed by atoms with Crippen molar-refractivity contribution < 1.29 is 4.79 Å². The maximum atomic E-state index is 12.6. The molecule has 1 aliphatic rings. The Kier molecular flexibility index (Phi) is 4.09. The third kappa shape index (κ3) is 2.96. The third-order valence-electron chi connectivity index (χ3n) is 4.17. The lowest BCUT2D eigenvalue weighted by Gasteiger charge is -2.36. The number of carbonyl (C=O) groups excluding carboxylic acids is 1. The number of anilines is 1. The minimum Gasteiger partial charge on any atom is -0.368 e. The monoisotopic (exact) mass is 295 g/mol. The molecular formula is C18H21N3O. The molecule has 0 saturated carbocycles. The number of benzene rings is 1. The quantitative estimate of drug-likeness (QED) is 0.854. The van der Waals surface area contributed by atoms with Crippen molar-refractivity contribution in [1.82, 2.24) is 9.88 Å². The Bertz CT molecular complexity index is 676. The second kappa shape index (κ2) is 6.18. The molecule has 0 atom stereocenters. The number of aromatic nitrogens is 1. The summed E-state index contributed by atoms with van der Waals surface area (Å²) in [5.41, 5.74) is 4.02. The molecule has 2 heterocycles. The fraction of sp³-hybridized carbons (Fsp3) is 0.333. The SMILES string of the molecule is Cc1cccc(N2CCN(C(=O)c3cccnc3C)CC2)c1. The standard InChI is InChI=1S/C18H21N3O/c1-14-5-3-6-16(13-14)20-9-11-21(12-10-20)18(22)17-7-4-8-19-15(17)2/h3-8,13H,9-12H2,1-2H3. The van der Waals surface area contributed by atoms with Gasteiger partial charge in [0.2, 0.25) is 0 Å². The average molecular weight is 295 g/mol. The minimum atomic E-state index is 0.0921. The van der Waals surface area contributed by atoms with Gasteiger partial charge in [-0.2, -0.15) is 0 Å². The van der Waals surface area contributed by atoms with E-state index in [0.717, 1.165) is 31.9 Å². The van der Waals surface area contributed by atoms with Crippen molar-refractivity contribution in [2.45, 2.75) is 13.8 Å². The Labute approximate surface area is 131 Å². The molecule has 1 saturated heterocycles. The first-order valence-electron chi connectivity index (χ1n) is 7.67. The van der Waals surface area contributed by atoms with Crippen LogP contribution in [0.5, 0.6) is 0 Å². The van der Waals surface area contributed by atoms with Gasteiger partial charge >= 0.3 is 0 Å².